The fourth-order valence-corrected chi connectivity index (χ4v) is 0.466. The molecule has 0 amide bonds. The highest BCUT2D eigenvalue weighted by atomic mass is 14.7. The summed E-state index contributed by atoms with van der Waals surface area (Å²) in [7, 11) is 0. The lowest BCUT2D eigenvalue weighted by Crippen LogP contribution is -1.88. The number of allylic oxidation sites excluding steroid dienone is 1. The highest BCUT2D eigenvalue weighted by Crippen LogP contribution is 1.87. The van der Waals surface area contributed by atoms with Crippen LogP contribution in [0.1, 0.15) is 13.8 Å². The molecule has 0 aliphatic rings. The van der Waals surface area contributed by atoms with E-state index in [0.29, 0.717) is 0 Å². The monoisotopic (exact) mass is 109 g/mol. The minimum atomic E-state index is 0.234. The molecule has 0 saturated carbocycles. The third kappa shape index (κ3) is 3.38. The molecule has 0 aromatic heterocycles. The first-order chi connectivity index (χ1) is 3.81. The number of rotatable bonds is 2. The quantitative estimate of drug-likeness (QED) is 0.379. The maximum absolute atomic E-state index is 3.87. The molecule has 8 heavy (non-hydrogen) atoms. The van der Waals surface area contributed by atoms with Gasteiger partial charge in [0.2, 0.25) is 0 Å². The van der Waals surface area contributed by atoms with Crippen molar-refractivity contribution >= 4 is 5.87 Å². The molecule has 0 N–H and O–H groups in total. The topological polar surface area (TPSA) is 12.4 Å². The molecule has 1 unspecified atom stereocenters. The van der Waals surface area contributed by atoms with Gasteiger partial charge in [0.15, 0.2) is 0 Å². The van der Waals surface area contributed by atoms with E-state index in [4.69, 9.17) is 0 Å². The van der Waals surface area contributed by atoms with E-state index in [1.165, 1.54) is 0 Å². The Morgan fingerprint density at radius 3 is 2.75 bits per heavy atom. The summed E-state index contributed by atoms with van der Waals surface area (Å²) >= 11 is 0. The lowest BCUT2D eigenvalue weighted by molar-refractivity contribution is 0.933. The average Bonchev–Trinajstić information content (AvgIpc) is 1.68. The normalized spacial score (nSPS) is 13.2. The predicted molar refractivity (Wildman–Crippen MR) is 37.3 cm³/mol. The van der Waals surface area contributed by atoms with Gasteiger partial charge in [-0.25, -0.2) is 4.99 Å². The summed E-state index contributed by atoms with van der Waals surface area (Å²) in [6, 6.07) is 0.234. The molecule has 0 fully saturated rings. The van der Waals surface area contributed by atoms with E-state index >= 15 is 0 Å². The van der Waals surface area contributed by atoms with Crippen molar-refractivity contribution in [1.82, 2.24) is 0 Å². The molecule has 1 nitrogen and oxygen atoms in total. The Morgan fingerprint density at radius 2 is 2.38 bits per heavy atom. The average molecular weight is 109 g/mol. The first kappa shape index (κ1) is 7.19. The molecule has 0 aromatic carbocycles. The Labute approximate surface area is 50.4 Å². The van der Waals surface area contributed by atoms with E-state index in [9.17, 15) is 0 Å². The highest BCUT2D eigenvalue weighted by Gasteiger charge is 1.83. The molecule has 0 aromatic rings. The molecule has 0 rings (SSSR count). The Kier molecular flexibility index (Phi) is 3.91. The molecule has 0 radical (unpaired) electrons. The molecule has 1 atom stereocenters. The number of hydrogen-bond acceptors (Lipinski definition) is 1. The van der Waals surface area contributed by atoms with Gasteiger partial charge in [0, 0.05) is 0 Å². The second-order valence-corrected chi connectivity index (χ2v) is 1.55. The summed E-state index contributed by atoms with van der Waals surface area (Å²) in [6.07, 6.45) is 3.95. The number of hydrogen-bond donors (Lipinski definition) is 0. The fraction of sp³-hybridized carbons (Fsp3) is 0.429. The molecule has 0 aliphatic carbocycles. The van der Waals surface area contributed by atoms with E-state index in [2.05, 4.69) is 17.4 Å². The molecule has 0 saturated heterocycles. The molecular formula is C7H11N. The molecule has 0 bridgehead atoms. The minimum absolute atomic E-state index is 0.234. The van der Waals surface area contributed by atoms with Crippen LogP contribution in [0.5, 0.6) is 0 Å². The zero-order valence-electron chi connectivity index (χ0n) is 5.39. The van der Waals surface area contributed by atoms with Crippen molar-refractivity contribution in [3.8, 4) is 0 Å². The zero-order chi connectivity index (χ0) is 6.41. The Balaban J connectivity index is 3.64. The third-order valence-electron chi connectivity index (χ3n) is 0.766. The highest BCUT2D eigenvalue weighted by molar-refractivity contribution is 5.47. The van der Waals surface area contributed by atoms with E-state index in [1.807, 2.05) is 26.0 Å². The van der Waals surface area contributed by atoms with Crippen LogP contribution in [0.25, 0.3) is 0 Å². The van der Waals surface area contributed by atoms with Crippen molar-refractivity contribution in [1.29, 1.82) is 0 Å². The predicted octanol–water partition coefficient (Wildman–Crippen LogP) is 1.81. The second kappa shape index (κ2) is 4.35. The Hall–Kier alpha value is -0.810. The molecule has 44 valence electrons. The zero-order valence-corrected chi connectivity index (χ0v) is 5.39. The van der Waals surface area contributed by atoms with Crippen LogP contribution in [0.2, 0.25) is 0 Å². The van der Waals surface area contributed by atoms with E-state index in [0.717, 1.165) is 0 Å². The summed E-state index contributed by atoms with van der Waals surface area (Å²) in [5, 5.41) is 0. The molecule has 0 spiro atoms. The van der Waals surface area contributed by atoms with Crippen molar-refractivity contribution in [2.24, 2.45) is 4.99 Å². The van der Waals surface area contributed by atoms with Gasteiger partial charge in [-0.1, -0.05) is 12.2 Å². The molecule has 0 heterocycles. The SMILES string of the molecule is C=C=NC(C)/C=C\C. The first-order valence-electron chi connectivity index (χ1n) is 2.66. The molecule has 1 heteroatoms. The summed E-state index contributed by atoms with van der Waals surface area (Å²) in [5.74, 6) is 2.48. The van der Waals surface area contributed by atoms with Crippen LogP contribution >= 0.6 is 0 Å². The van der Waals surface area contributed by atoms with Gasteiger partial charge < -0.3 is 0 Å². The van der Waals surface area contributed by atoms with Gasteiger partial charge in [0.25, 0.3) is 0 Å². The van der Waals surface area contributed by atoms with E-state index < -0.39 is 0 Å². The Morgan fingerprint density at radius 1 is 1.75 bits per heavy atom. The van der Waals surface area contributed by atoms with Gasteiger partial charge in [-0.3, -0.25) is 0 Å². The summed E-state index contributed by atoms with van der Waals surface area (Å²) in [4.78, 5) is 3.87. The van der Waals surface area contributed by atoms with Crippen LogP contribution in [-0.2, 0) is 0 Å². The van der Waals surface area contributed by atoms with Crippen LogP contribution < -0.4 is 0 Å². The minimum Gasteiger partial charge on any atom is -0.237 e. The van der Waals surface area contributed by atoms with Crippen LogP contribution in [0.4, 0.5) is 0 Å². The van der Waals surface area contributed by atoms with Crippen LogP contribution in [0.15, 0.2) is 23.7 Å². The van der Waals surface area contributed by atoms with Gasteiger partial charge in [-0.15, -0.1) is 0 Å². The summed E-state index contributed by atoms with van der Waals surface area (Å²) in [5.41, 5.74) is 0. The van der Waals surface area contributed by atoms with E-state index in [1.54, 1.807) is 0 Å². The van der Waals surface area contributed by atoms with Crippen LogP contribution in [-0.4, -0.2) is 11.9 Å². The lowest BCUT2D eigenvalue weighted by atomic mass is 10.3. The van der Waals surface area contributed by atoms with Gasteiger partial charge in [0.1, 0.15) is 0 Å². The van der Waals surface area contributed by atoms with Gasteiger partial charge >= 0.3 is 0 Å². The summed E-state index contributed by atoms with van der Waals surface area (Å²) < 4.78 is 0. The third-order valence-corrected chi connectivity index (χ3v) is 0.766. The molecule has 0 aliphatic heterocycles. The standard InChI is InChI=1S/C7H11N/c1-4-6-7(3)8-5-2/h4,6-7H,2H2,1,3H3/b6-4-. The van der Waals surface area contributed by atoms with Gasteiger partial charge in [-0.05, 0) is 26.3 Å². The van der Waals surface area contributed by atoms with Gasteiger partial charge in [0.05, 0.1) is 6.04 Å². The first-order valence-corrected chi connectivity index (χ1v) is 2.66. The van der Waals surface area contributed by atoms with Crippen molar-refractivity contribution in [3.05, 3.63) is 18.7 Å². The van der Waals surface area contributed by atoms with Crippen molar-refractivity contribution < 1.29 is 0 Å². The molecular weight excluding hydrogens is 98.1 g/mol. The van der Waals surface area contributed by atoms with Crippen molar-refractivity contribution in [2.45, 2.75) is 19.9 Å². The van der Waals surface area contributed by atoms with Crippen LogP contribution in [0, 0.1) is 0 Å². The maximum Gasteiger partial charge on any atom is 0.0745 e. The smallest absolute Gasteiger partial charge is 0.0745 e. The largest absolute Gasteiger partial charge is 0.237 e. The van der Waals surface area contributed by atoms with Crippen molar-refractivity contribution in [3.63, 3.8) is 0 Å². The van der Waals surface area contributed by atoms with Crippen LogP contribution in [0.3, 0.4) is 0 Å². The summed E-state index contributed by atoms with van der Waals surface area (Å²) in [6.45, 7) is 7.31. The van der Waals surface area contributed by atoms with E-state index in [-0.39, 0.29) is 6.04 Å². The number of aliphatic imine (C=N–C) groups is 1. The maximum atomic E-state index is 3.87. The second-order valence-electron chi connectivity index (χ2n) is 1.55. The fourth-order valence-electron chi connectivity index (χ4n) is 0.466. The van der Waals surface area contributed by atoms with Crippen molar-refractivity contribution in [2.75, 3.05) is 0 Å². The van der Waals surface area contributed by atoms with Gasteiger partial charge in [-0.2, -0.15) is 0 Å². The Bertz CT molecular complexity index is 118. The number of nitrogens with zero attached hydrogens (tertiary/aromatic N) is 1. The lowest BCUT2D eigenvalue weighted by Gasteiger charge is -1.90.